The lowest BCUT2D eigenvalue weighted by molar-refractivity contribution is -0.165. The van der Waals surface area contributed by atoms with Crippen molar-refractivity contribution in [1.82, 2.24) is 59.3 Å². The molecule has 0 spiro atoms. The number of aliphatic hydroxyl groups excluding tert-OH is 2. The fourth-order valence-corrected chi connectivity index (χ4v) is 10.2. The van der Waals surface area contributed by atoms with E-state index in [1.165, 1.54) is 83.0 Å². The van der Waals surface area contributed by atoms with Crippen LogP contribution in [-0.2, 0) is 19.2 Å². The summed E-state index contributed by atoms with van der Waals surface area (Å²) < 4.78 is 96.4. The van der Waals surface area contributed by atoms with Crippen LogP contribution in [0.3, 0.4) is 0 Å². The van der Waals surface area contributed by atoms with Crippen LogP contribution in [0.25, 0.3) is 33.2 Å². The van der Waals surface area contributed by atoms with E-state index < -0.39 is 47.4 Å². The Morgan fingerprint density at radius 2 is 0.920 bits per heavy atom. The molecule has 0 bridgehead atoms. The molecule has 8 heterocycles. The molecule has 12 rings (SSSR count). The number of hydrogen-bond acceptors (Lipinski definition) is 22. The van der Waals surface area contributed by atoms with Crippen molar-refractivity contribution in [3.8, 4) is 57.6 Å². The summed E-state index contributed by atoms with van der Waals surface area (Å²) in [7, 11) is 3.09. The van der Waals surface area contributed by atoms with Crippen LogP contribution in [0.4, 0.5) is 40.6 Å². The number of ether oxygens (including phenoxy) is 6. The second kappa shape index (κ2) is 31.7. The number of rotatable bonds is 21. The monoisotopic (exact) mass is 1380 g/mol. The average molecular weight is 1380 g/mol. The standard InChI is InChI=1S/2C32H29F2N7O4.C4H6O6/c2*1-4-31(42)40-10-7-21(8-11-40)44-29-15-23-27(16-28(29)43-3)36-18-37-32(23)38-26-6-5-22(14-25(26)34)45-30-9-12-41(39-30)20-13-24(33)19(2)35-17-20;5-1(3(7)8)2(6)4(9)10/h2*4-6,9,12-18,21H,1,7-8,10-11H2,2-3H3,(H,36,37,38);1-2,5-6H,(H,7,8)(H,9,10). The second-order valence-corrected chi connectivity index (χ2v) is 22.2. The quantitative estimate of drug-likeness (QED) is 0.0288. The Morgan fingerprint density at radius 3 is 1.26 bits per heavy atom. The molecule has 6 aromatic heterocycles. The van der Waals surface area contributed by atoms with Crippen LogP contribution >= 0.6 is 0 Å². The molecule has 4 aromatic carbocycles. The van der Waals surface area contributed by atoms with Gasteiger partial charge in [0, 0.05) is 124 Å². The van der Waals surface area contributed by atoms with Gasteiger partial charge >= 0.3 is 11.9 Å². The summed E-state index contributed by atoms with van der Waals surface area (Å²) in [5.74, 6) is -2.30. The minimum Gasteiger partial charge on any atom is -0.493 e. The predicted octanol–water partition coefficient (Wildman–Crippen LogP) is 9.67. The van der Waals surface area contributed by atoms with Crippen LogP contribution < -0.4 is 39.1 Å². The highest BCUT2D eigenvalue weighted by atomic mass is 19.1. The number of aromatic nitrogens is 10. The number of methoxy groups -OCH3 is 2. The van der Waals surface area contributed by atoms with Crippen molar-refractivity contribution in [2.24, 2.45) is 0 Å². The molecule has 0 saturated carbocycles. The number of likely N-dealkylation sites (tertiary alicyclic amines) is 2. The maximum atomic E-state index is 15.3. The van der Waals surface area contributed by atoms with Gasteiger partial charge in [-0.15, -0.1) is 10.2 Å². The number of halogens is 4. The van der Waals surface area contributed by atoms with E-state index in [4.69, 9.17) is 48.8 Å². The highest BCUT2D eigenvalue weighted by molar-refractivity contribution is 5.94. The Balaban J connectivity index is 0.000000190. The average Bonchev–Trinajstić information content (AvgIpc) is 1.00. The normalized spacial score (nSPS) is 13.7. The smallest absolute Gasteiger partial charge is 0.335 e. The summed E-state index contributed by atoms with van der Waals surface area (Å²) in [4.78, 5) is 72.3. The fourth-order valence-electron chi connectivity index (χ4n) is 10.2. The van der Waals surface area contributed by atoms with E-state index in [0.29, 0.717) is 120 Å². The van der Waals surface area contributed by atoms with Gasteiger partial charge in [-0.25, -0.2) is 56.5 Å². The third-order valence-electron chi connectivity index (χ3n) is 15.6. The third-order valence-corrected chi connectivity index (χ3v) is 15.6. The van der Waals surface area contributed by atoms with Crippen molar-refractivity contribution in [3.05, 3.63) is 182 Å². The first kappa shape index (κ1) is 70.5. The summed E-state index contributed by atoms with van der Waals surface area (Å²) in [6.45, 7) is 12.5. The van der Waals surface area contributed by atoms with Crippen molar-refractivity contribution in [2.45, 2.75) is 63.9 Å². The van der Waals surface area contributed by atoms with E-state index >= 15 is 8.78 Å². The number of piperidine rings is 2. The number of hydrogen-bond donors (Lipinski definition) is 6. The minimum absolute atomic E-state index is 0.0964. The molecule has 2 amide bonds. The van der Waals surface area contributed by atoms with Gasteiger partial charge in [0.1, 0.15) is 71.3 Å². The van der Waals surface area contributed by atoms with Crippen molar-refractivity contribution < 1.29 is 85.6 Å². The molecule has 0 aliphatic carbocycles. The largest absolute Gasteiger partial charge is 0.493 e. The van der Waals surface area contributed by atoms with Gasteiger partial charge in [-0.2, -0.15) is 0 Å². The number of carbonyl (C=O) groups excluding carboxylic acids is 2. The van der Waals surface area contributed by atoms with E-state index in [-0.39, 0.29) is 70.0 Å². The van der Waals surface area contributed by atoms with Gasteiger partial charge < -0.3 is 69.3 Å². The number of nitrogens with one attached hydrogen (secondary N) is 2. The number of fused-ring (bicyclic) bond motifs is 2. The van der Waals surface area contributed by atoms with Gasteiger partial charge in [0.15, 0.2) is 35.2 Å². The molecule has 0 radical (unpaired) electrons. The van der Waals surface area contributed by atoms with Crippen LogP contribution in [0, 0.1) is 37.1 Å². The Hall–Kier alpha value is -12.3. The molecule has 2 aliphatic rings. The number of carboxylic acids is 2. The molecule has 2 aliphatic heterocycles. The molecule has 10 aromatic rings. The summed E-state index contributed by atoms with van der Waals surface area (Å²) in [5.41, 5.74) is 2.87. The van der Waals surface area contributed by atoms with E-state index in [0.717, 1.165) is 0 Å². The van der Waals surface area contributed by atoms with Gasteiger partial charge in [0.25, 0.3) is 0 Å². The number of anilines is 4. The molecule has 32 heteroatoms. The zero-order valence-electron chi connectivity index (χ0n) is 53.8. The Morgan fingerprint density at radius 1 is 0.530 bits per heavy atom. The van der Waals surface area contributed by atoms with Gasteiger partial charge in [-0.05, 0) is 62.4 Å². The molecule has 2 saturated heterocycles. The fraction of sp³-hybridized carbons (Fsp3) is 0.235. The Labute approximate surface area is 566 Å². The lowest BCUT2D eigenvalue weighted by Gasteiger charge is -2.31. The molecule has 2 fully saturated rings. The van der Waals surface area contributed by atoms with Gasteiger partial charge in [0.2, 0.25) is 23.6 Å². The summed E-state index contributed by atoms with van der Waals surface area (Å²) in [6.07, 6.45) is 9.37. The lowest BCUT2D eigenvalue weighted by atomic mass is 10.1. The van der Waals surface area contributed by atoms with Crippen LogP contribution in [0.2, 0.25) is 0 Å². The molecule has 28 nitrogen and oxygen atoms in total. The first-order valence-electron chi connectivity index (χ1n) is 30.6. The minimum atomic E-state index is -2.27. The van der Waals surface area contributed by atoms with Crippen molar-refractivity contribution >= 4 is 68.6 Å². The number of nitrogens with zero attached hydrogens (tertiary/aromatic N) is 12. The summed E-state index contributed by atoms with van der Waals surface area (Å²) >= 11 is 0. The number of aliphatic carboxylic acids is 2. The van der Waals surface area contributed by atoms with Gasteiger partial charge in [-0.3, -0.25) is 19.6 Å². The van der Waals surface area contributed by atoms with Crippen molar-refractivity contribution in [1.29, 1.82) is 0 Å². The molecule has 2 unspecified atom stereocenters. The van der Waals surface area contributed by atoms with Gasteiger partial charge in [-0.1, -0.05) is 13.2 Å². The van der Waals surface area contributed by atoms with E-state index in [2.05, 4.69) is 63.9 Å². The zero-order valence-corrected chi connectivity index (χ0v) is 53.8. The second-order valence-electron chi connectivity index (χ2n) is 22.2. The maximum Gasteiger partial charge on any atom is 0.335 e. The Bertz CT molecular complexity index is 4390. The van der Waals surface area contributed by atoms with Gasteiger partial charge in [0.05, 0.1) is 71.8 Å². The zero-order chi connectivity index (χ0) is 71.3. The van der Waals surface area contributed by atoms with E-state index in [1.54, 1.807) is 98.8 Å². The molecule has 6 N–H and O–H groups in total. The number of amides is 2. The summed E-state index contributed by atoms with van der Waals surface area (Å²) in [5, 5.41) is 48.3. The molecular formula is C68H64F4N14O14. The number of aryl methyl sites for hydroxylation is 2. The SMILES string of the molecule is C=CC(=O)N1CCC(Oc2cc3c(Nc4ccc(Oc5ccn(-c6cnc(C)c(F)c6)n5)cc4F)ncnc3cc2OC)CC1.C=CC(=O)N1CCC(Oc2cc3c(Nc4ccc(Oc5ccn(-c6cnc(C)c(F)c6)n5)cc4F)ncnc3cc2OC)CC1.O=C(O)C(O)C(O)C(=O)O. The molecule has 2 atom stereocenters. The van der Waals surface area contributed by atoms with E-state index in [9.17, 15) is 28.0 Å². The third kappa shape index (κ3) is 17.1. The highest BCUT2D eigenvalue weighted by Gasteiger charge is 2.30. The molecule has 518 valence electrons. The van der Waals surface area contributed by atoms with Crippen LogP contribution in [0.5, 0.6) is 46.3 Å². The maximum absolute atomic E-state index is 15.3. The van der Waals surface area contributed by atoms with Crippen LogP contribution in [-0.4, -0.2) is 168 Å². The number of carboxylic acid groups (broad SMARTS) is 2. The lowest BCUT2D eigenvalue weighted by Crippen LogP contribution is -2.41. The number of carbonyl (C=O) groups is 4. The summed E-state index contributed by atoms with van der Waals surface area (Å²) in [6, 6.07) is 21.4. The van der Waals surface area contributed by atoms with Crippen LogP contribution in [0.15, 0.2) is 148 Å². The number of pyridine rings is 2. The molecule has 100 heavy (non-hydrogen) atoms. The predicted molar refractivity (Wildman–Crippen MR) is 352 cm³/mol. The van der Waals surface area contributed by atoms with Crippen molar-refractivity contribution in [2.75, 3.05) is 51.0 Å². The first-order valence-corrected chi connectivity index (χ1v) is 30.6. The number of benzene rings is 4. The van der Waals surface area contributed by atoms with E-state index in [1.807, 2.05) is 0 Å². The topological polar surface area (TPSA) is 348 Å². The Kier molecular flexibility index (Phi) is 22.3. The highest BCUT2D eigenvalue weighted by Crippen LogP contribution is 2.39. The van der Waals surface area contributed by atoms with Crippen molar-refractivity contribution in [3.63, 3.8) is 0 Å². The first-order chi connectivity index (χ1) is 48.1. The van der Waals surface area contributed by atoms with Crippen LogP contribution in [0.1, 0.15) is 37.1 Å². The number of aliphatic hydroxyl groups is 2. The molecular weight excluding hydrogens is 1310 g/mol.